The number of nitrogens with one attached hydrogen (secondary N) is 1. The van der Waals surface area contributed by atoms with Gasteiger partial charge in [-0.1, -0.05) is 84.6 Å². The molecular weight excluding hydrogens is 502 g/mol. The van der Waals surface area contributed by atoms with Gasteiger partial charge in [-0.25, -0.2) is 0 Å². The van der Waals surface area contributed by atoms with E-state index < -0.39 is 0 Å². The van der Waals surface area contributed by atoms with Crippen LogP contribution in [0.25, 0.3) is 16.9 Å². The standard InChI is InChI=1S/C21H25.C10H16N.2CH3.Zr/c1-20(2,3)16-7-9-18-14(12-16)11-15-13-17(21(4,5)6)8-10-19(15)18;11-10-4-7-1-8(5-10)3-9(2-7)6-10;;;/h7-10,12H,11H2,1-6H3;7-9,11H,1-6H2;2*1H3;/q4*-1;+4. The van der Waals surface area contributed by atoms with E-state index in [-0.39, 0.29) is 57.4 Å². The van der Waals surface area contributed by atoms with E-state index in [0.717, 1.165) is 24.2 Å². The maximum absolute atomic E-state index is 8.21. The second-order valence-electron chi connectivity index (χ2n) is 13.5. The van der Waals surface area contributed by atoms with Crippen LogP contribution in [-0.4, -0.2) is 5.54 Å². The summed E-state index contributed by atoms with van der Waals surface area (Å²) in [5.41, 5.74) is 17.0. The van der Waals surface area contributed by atoms with Crippen molar-refractivity contribution in [3.8, 4) is 11.1 Å². The van der Waals surface area contributed by atoms with Crippen LogP contribution in [0.4, 0.5) is 0 Å². The summed E-state index contributed by atoms with van der Waals surface area (Å²) in [6.07, 6.45) is 9.14. The van der Waals surface area contributed by atoms with Crippen molar-refractivity contribution in [3.05, 3.63) is 79.2 Å². The zero-order chi connectivity index (χ0) is 22.9. The molecule has 4 fully saturated rings. The summed E-state index contributed by atoms with van der Waals surface area (Å²) in [7, 11) is 0. The molecule has 2 aromatic rings. The molecule has 0 heterocycles. The molecule has 35 heavy (non-hydrogen) atoms. The van der Waals surface area contributed by atoms with E-state index in [0.29, 0.717) is 0 Å². The first-order valence-electron chi connectivity index (χ1n) is 12.8. The monoisotopic (exact) mass is 547 g/mol. The quantitative estimate of drug-likeness (QED) is 0.250. The Labute approximate surface area is 236 Å². The van der Waals surface area contributed by atoms with E-state index >= 15 is 0 Å². The fourth-order valence-electron chi connectivity index (χ4n) is 7.14. The average Bonchev–Trinajstić information content (AvgIpc) is 3.02. The summed E-state index contributed by atoms with van der Waals surface area (Å²) < 4.78 is 0. The van der Waals surface area contributed by atoms with Gasteiger partial charge in [0.25, 0.3) is 0 Å². The first-order chi connectivity index (χ1) is 14.9. The van der Waals surface area contributed by atoms with Crippen LogP contribution in [0.1, 0.15) is 102 Å². The minimum Gasteiger partial charge on any atom is -0.672 e. The third kappa shape index (κ3) is 6.23. The molecule has 4 bridgehead atoms. The van der Waals surface area contributed by atoms with Gasteiger partial charge in [0.05, 0.1) is 0 Å². The van der Waals surface area contributed by atoms with Crippen molar-refractivity contribution in [1.29, 1.82) is 0 Å². The third-order valence-corrected chi connectivity index (χ3v) is 8.50. The molecule has 1 N–H and O–H groups in total. The van der Waals surface area contributed by atoms with Gasteiger partial charge in [0.15, 0.2) is 0 Å². The van der Waals surface area contributed by atoms with E-state index in [1.165, 1.54) is 71.9 Å². The molecule has 0 amide bonds. The zero-order valence-corrected chi connectivity index (χ0v) is 26.0. The van der Waals surface area contributed by atoms with Gasteiger partial charge in [-0.2, -0.15) is 23.8 Å². The Kier molecular flexibility index (Phi) is 9.21. The van der Waals surface area contributed by atoms with Gasteiger partial charge in [0.1, 0.15) is 0 Å². The topological polar surface area (TPSA) is 23.8 Å². The molecule has 0 radical (unpaired) electrons. The number of hydrogen-bond donors (Lipinski definition) is 0. The van der Waals surface area contributed by atoms with Crippen molar-refractivity contribution in [1.82, 2.24) is 0 Å². The van der Waals surface area contributed by atoms with Gasteiger partial charge in [-0.15, -0.1) is 16.7 Å². The minimum atomic E-state index is 0. The maximum atomic E-state index is 8.21. The normalized spacial score (nSPS) is 27.3. The van der Waals surface area contributed by atoms with Crippen LogP contribution in [0.5, 0.6) is 0 Å². The van der Waals surface area contributed by atoms with Crippen LogP contribution in [0.2, 0.25) is 0 Å². The molecule has 2 heteroatoms. The number of rotatable bonds is 0. The van der Waals surface area contributed by atoms with Gasteiger partial charge in [-0.3, -0.25) is 0 Å². The summed E-state index contributed by atoms with van der Waals surface area (Å²) in [5, 5.41) is 0. The fourth-order valence-corrected chi connectivity index (χ4v) is 7.14. The molecule has 0 unspecified atom stereocenters. The molecule has 0 saturated heterocycles. The number of fused-ring (bicyclic) bond motifs is 3. The van der Waals surface area contributed by atoms with Crippen molar-refractivity contribution in [2.24, 2.45) is 17.8 Å². The predicted molar refractivity (Wildman–Crippen MR) is 149 cm³/mol. The first kappa shape index (κ1) is 30.5. The number of benzene rings is 2. The van der Waals surface area contributed by atoms with Crippen molar-refractivity contribution >= 4 is 0 Å². The van der Waals surface area contributed by atoms with Crippen LogP contribution >= 0.6 is 0 Å². The molecule has 2 aromatic carbocycles. The fraction of sp³-hybridized carbons (Fsp3) is 0.576. The van der Waals surface area contributed by atoms with E-state index in [1.54, 1.807) is 0 Å². The van der Waals surface area contributed by atoms with Crippen LogP contribution in [0.15, 0.2) is 30.3 Å². The third-order valence-electron chi connectivity index (χ3n) is 8.50. The van der Waals surface area contributed by atoms with Crippen LogP contribution in [0, 0.1) is 38.7 Å². The van der Waals surface area contributed by atoms with E-state index in [1.807, 2.05) is 0 Å². The molecule has 7 rings (SSSR count). The first-order valence-corrected chi connectivity index (χ1v) is 12.8. The second kappa shape index (κ2) is 10.6. The Balaban J connectivity index is 0.000000262. The van der Waals surface area contributed by atoms with Crippen molar-refractivity contribution < 1.29 is 26.2 Å². The van der Waals surface area contributed by atoms with Crippen LogP contribution in [0.3, 0.4) is 0 Å². The molecule has 5 aliphatic rings. The van der Waals surface area contributed by atoms with Gasteiger partial charge >= 0.3 is 26.2 Å². The molecule has 1 nitrogen and oxygen atoms in total. The minimum absolute atomic E-state index is 0. The smallest absolute Gasteiger partial charge is 0.672 e. The largest absolute Gasteiger partial charge is 4.00 e. The Morgan fingerprint density at radius 2 is 1.29 bits per heavy atom. The molecule has 188 valence electrons. The van der Waals surface area contributed by atoms with Gasteiger partial charge in [-0.05, 0) is 65.4 Å². The van der Waals surface area contributed by atoms with Gasteiger partial charge in [0, 0.05) is 0 Å². The SMILES string of the molecule is CC(C)(C)c1[c-]c2c(cc1)-c1ccc(C(C)(C)C)cc1C2.[CH3-].[CH3-].[NH-]C12CC3CC(CC(C3)C1)C2.[Zr+4]. The summed E-state index contributed by atoms with van der Waals surface area (Å²) in [4.78, 5) is 0. The summed E-state index contributed by atoms with van der Waals surface area (Å²) in [6, 6.07) is 15.2. The Morgan fingerprint density at radius 1 is 0.771 bits per heavy atom. The van der Waals surface area contributed by atoms with E-state index in [2.05, 4.69) is 77.9 Å². The maximum Gasteiger partial charge on any atom is 4.00 e. The van der Waals surface area contributed by atoms with Gasteiger partial charge < -0.3 is 20.6 Å². The summed E-state index contributed by atoms with van der Waals surface area (Å²) in [6.45, 7) is 13.6. The Hall–Kier alpha value is -0.717. The van der Waals surface area contributed by atoms with E-state index in [9.17, 15) is 0 Å². The molecule has 4 saturated carbocycles. The summed E-state index contributed by atoms with van der Waals surface area (Å²) >= 11 is 0. The number of hydrogen-bond acceptors (Lipinski definition) is 0. The molecule has 0 atom stereocenters. The second-order valence-corrected chi connectivity index (χ2v) is 13.5. The average molecular weight is 549 g/mol. The van der Waals surface area contributed by atoms with Crippen molar-refractivity contribution in [3.63, 3.8) is 0 Å². The van der Waals surface area contributed by atoms with Crippen LogP contribution in [-0.2, 0) is 43.5 Å². The predicted octanol–water partition coefficient (Wildman–Crippen LogP) is 9.56. The Bertz CT molecular complexity index is 924. The van der Waals surface area contributed by atoms with Crippen molar-refractivity contribution in [2.75, 3.05) is 0 Å². The molecule has 0 spiro atoms. The van der Waals surface area contributed by atoms with E-state index in [4.69, 9.17) is 5.73 Å². The Morgan fingerprint density at radius 3 is 1.74 bits per heavy atom. The van der Waals surface area contributed by atoms with Gasteiger partial charge in [0.2, 0.25) is 0 Å². The van der Waals surface area contributed by atoms with Crippen molar-refractivity contribution in [2.45, 2.75) is 103 Å². The zero-order valence-electron chi connectivity index (χ0n) is 23.6. The summed E-state index contributed by atoms with van der Waals surface area (Å²) in [5.74, 6) is 2.87. The molecule has 5 aliphatic carbocycles. The molecular formula is C33H47NZr. The molecule has 0 aromatic heterocycles. The molecule has 0 aliphatic heterocycles. The van der Waals surface area contributed by atoms with Crippen LogP contribution < -0.4 is 0 Å².